The highest BCUT2D eigenvalue weighted by Crippen LogP contribution is 2.36. The third kappa shape index (κ3) is 2.75. The Labute approximate surface area is 130 Å². The predicted molar refractivity (Wildman–Crippen MR) is 83.3 cm³/mol. The molecule has 0 radical (unpaired) electrons. The molecule has 0 saturated carbocycles. The van der Waals surface area contributed by atoms with E-state index >= 15 is 0 Å². The van der Waals surface area contributed by atoms with E-state index in [1.807, 2.05) is 19.1 Å². The molecule has 3 nitrogen and oxygen atoms in total. The molecule has 3 rings (SSSR count). The van der Waals surface area contributed by atoms with Gasteiger partial charge >= 0.3 is 0 Å². The lowest BCUT2D eigenvalue weighted by molar-refractivity contribution is 0.509. The lowest BCUT2D eigenvalue weighted by atomic mass is 10.1. The molecular weight excluding hydrogens is 304 g/mol. The van der Waals surface area contributed by atoms with Crippen LogP contribution >= 0.6 is 11.3 Å². The van der Waals surface area contributed by atoms with Crippen LogP contribution in [0.4, 0.5) is 8.78 Å². The Balaban J connectivity index is 2.14. The topological polar surface area (TPSA) is 51.8 Å². The van der Waals surface area contributed by atoms with Crippen LogP contribution < -0.4 is 5.73 Å². The fraction of sp³-hybridized carbons (Fsp3) is 0.125. The summed E-state index contributed by atoms with van der Waals surface area (Å²) in [5.41, 5.74) is 8.02. The molecule has 0 aliphatic carbocycles. The Morgan fingerprint density at radius 3 is 2.41 bits per heavy atom. The van der Waals surface area contributed by atoms with Crippen molar-refractivity contribution in [1.82, 2.24) is 9.97 Å². The number of pyridine rings is 1. The van der Waals surface area contributed by atoms with Gasteiger partial charge in [-0.15, -0.1) is 11.3 Å². The van der Waals surface area contributed by atoms with Crippen molar-refractivity contribution < 1.29 is 8.78 Å². The van der Waals surface area contributed by atoms with Crippen molar-refractivity contribution in [3.8, 4) is 21.8 Å². The number of hydrogen-bond donors (Lipinski definition) is 1. The highest BCUT2D eigenvalue weighted by Gasteiger charge is 2.18. The smallest absolute Gasteiger partial charge is 0.159 e. The number of thiazole rings is 1. The normalized spacial score (nSPS) is 12.4. The number of halogens is 2. The first-order valence-electron chi connectivity index (χ1n) is 6.68. The average molecular weight is 317 g/mol. The second-order valence-electron chi connectivity index (χ2n) is 4.89. The lowest BCUT2D eigenvalue weighted by Gasteiger charge is -2.05. The number of rotatable bonds is 3. The molecule has 0 saturated heterocycles. The summed E-state index contributed by atoms with van der Waals surface area (Å²) in [6.07, 6.45) is 3.36. The van der Waals surface area contributed by atoms with E-state index in [0.29, 0.717) is 11.3 Å². The Hall–Kier alpha value is -2.18. The summed E-state index contributed by atoms with van der Waals surface area (Å²) < 4.78 is 26.6. The molecule has 3 aromatic rings. The number of benzene rings is 1. The zero-order valence-electron chi connectivity index (χ0n) is 11.8. The van der Waals surface area contributed by atoms with Crippen molar-refractivity contribution in [1.29, 1.82) is 0 Å². The molecule has 2 heterocycles. The molecule has 112 valence electrons. The molecule has 0 amide bonds. The summed E-state index contributed by atoms with van der Waals surface area (Å²) in [5, 5.41) is 0.773. The third-order valence-electron chi connectivity index (χ3n) is 3.19. The lowest BCUT2D eigenvalue weighted by Crippen LogP contribution is -2.04. The summed E-state index contributed by atoms with van der Waals surface area (Å²) in [6.45, 7) is 1.84. The molecular formula is C16H13F2N3S. The van der Waals surface area contributed by atoms with E-state index in [2.05, 4.69) is 9.97 Å². The Morgan fingerprint density at radius 2 is 1.77 bits per heavy atom. The van der Waals surface area contributed by atoms with E-state index in [4.69, 9.17) is 5.73 Å². The minimum atomic E-state index is -0.897. The average Bonchev–Trinajstić information content (AvgIpc) is 2.96. The van der Waals surface area contributed by atoms with Gasteiger partial charge < -0.3 is 5.73 Å². The van der Waals surface area contributed by atoms with Gasteiger partial charge in [0.05, 0.1) is 5.69 Å². The minimum absolute atomic E-state index is 0.254. The summed E-state index contributed by atoms with van der Waals surface area (Å²) in [7, 11) is 0. The third-order valence-corrected chi connectivity index (χ3v) is 4.49. The van der Waals surface area contributed by atoms with Crippen molar-refractivity contribution in [2.45, 2.75) is 13.0 Å². The maximum Gasteiger partial charge on any atom is 0.159 e. The van der Waals surface area contributed by atoms with Crippen LogP contribution in [0.25, 0.3) is 21.8 Å². The number of nitrogens with zero attached hydrogens (tertiary/aromatic N) is 2. The fourth-order valence-electron chi connectivity index (χ4n) is 2.11. The molecule has 22 heavy (non-hydrogen) atoms. The molecule has 6 heteroatoms. The highest BCUT2D eigenvalue weighted by atomic mass is 32.1. The molecule has 2 aromatic heterocycles. The zero-order chi connectivity index (χ0) is 15.7. The van der Waals surface area contributed by atoms with Crippen LogP contribution in [0.15, 0.2) is 42.7 Å². The van der Waals surface area contributed by atoms with Crippen molar-refractivity contribution in [2.24, 2.45) is 5.73 Å². The molecule has 0 spiro atoms. The Kier molecular flexibility index (Phi) is 3.96. The number of aromatic nitrogens is 2. The van der Waals surface area contributed by atoms with E-state index in [0.717, 1.165) is 27.6 Å². The highest BCUT2D eigenvalue weighted by molar-refractivity contribution is 7.15. The largest absolute Gasteiger partial charge is 0.323 e. The van der Waals surface area contributed by atoms with Gasteiger partial charge in [-0.05, 0) is 37.3 Å². The first-order valence-corrected chi connectivity index (χ1v) is 7.50. The van der Waals surface area contributed by atoms with Crippen LogP contribution in [0.2, 0.25) is 0 Å². The van der Waals surface area contributed by atoms with Gasteiger partial charge in [-0.25, -0.2) is 13.8 Å². The van der Waals surface area contributed by atoms with Crippen molar-refractivity contribution in [3.05, 3.63) is 59.2 Å². The quantitative estimate of drug-likeness (QED) is 0.789. The maximum atomic E-state index is 13.5. The van der Waals surface area contributed by atoms with Crippen molar-refractivity contribution in [3.63, 3.8) is 0 Å². The molecule has 0 aliphatic heterocycles. The standard InChI is InChI=1S/C16H13F2N3S/c1-9(19)15-14(11-2-3-12(17)13(18)8-11)21-16(22-15)10-4-6-20-7-5-10/h2-9H,19H2,1H3. The van der Waals surface area contributed by atoms with Crippen LogP contribution in [0, 0.1) is 11.6 Å². The summed E-state index contributed by atoms with van der Waals surface area (Å²) in [5.74, 6) is -1.78. The monoisotopic (exact) mass is 317 g/mol. The van der Waals surface area contributed by atoms with Gasteiger partial charge in [0, 0.05) is 34.4 Å². The molecule has 1 unspecified atom stereocenters. The van der Waals surface area contributed by atoms with Crippen LogP contribution in [0.1, 0.15) is 17.8 Å². The number of nitrogens with two attached hydrogens (primary N) is 1. The first-order chi connectivity index (χ1) is 10.6. The second kappa shape index (κ2) is 5.90. The van der Waals surface area contributed by atoms with Gasteiger partial charge in [-0.2, -0.15) is 0 Å². The SMILES string of the molecule is CC(N)c1sc(-c2ccncc2)nc1-c1ccc(F)c(F)c1. The van der Waals surface area contributed by atoms with Gasteiger partial charge in [-0.3, -0.25) is 4.98 Å². The molecule has 1 aromatic carbocycles. The van der Waals surface area contributed by atoms with Gasteiger partial charge in [0.1, 0.15) is 5.01 Å². The van der Waals surface area contributed by atoms with E-state index < -0.39 is 11.6 Å². The van der Waals surface area contributed by atoms with Gasteiger partial charge in [0.2, 0.25) is 0 Å². The zero-order valence-corrected chi connectivity index (χ0v) is 12.6. The van der Waals surface area contributed by atoms with Crippen LogP contribution in [-0.2, 0) is 0 Å². The van der Waals surface area contributed by atoms with Crippen molar-refractivity contribution >= 4 is 11.3 Å². The summed E-state index contributed by atoms with van der Waals surface area (Å²) >= 11 is 1.45. The molecule has 0 bridgehead atoms. The van der Waals surface area contributed by atoms with Crippen LogP contribution in [0.5, 0.6) is 0 Å². The first kappa shape index (κ1) is 14.7. The van der Waals surface area contributed by atoms with E-state index in [1.165, 1.54) is 17.4 Å². The Morgan fingerprint density at radius 1 is 1.05 bits per heavy atom. The van der Waals surface area contributed by atoms with E-state index in [9.17, 15) is 8.78 Å². The van der Waals surface area contributed by atoms with Gasteiger partial charge in [0.25, 0.3) is 0 Å². The summed E-state index contributed by atoms with van der Waals surface area (Å²) in [4.78, 5) is 9.37. The summed E-state index contributed by atoms with van der Waals surface area (Å²) in [6, 6.07) is 7.19. The predicted octanol–water partition coefficient (Wildman–Crippen LogP) is 4.17. The van der Waals surface area contributed by atoms with Gasteiger partial charge in [0.15, 0.2) is 11.6 Å². The maximum absolute atomic E-state index is 13.5. The minimum Gasteiger partial charge on any atom is -0.323 e. The van der Waals surface area contributed by atoms with Crippen LogP contribution in [0.3, 0.4) is 0 Å². The fourth-order valence-corrected chi connectivity index (χ4v) is 3.15. The van der Waals surface area contributed by atoms with Crippen LogP contribution in [-0.4, -0.2) is 9.97 Å². The van der Waals surface area contributed by atoms with Crippen molar-refractivity contribution in [2.75, 3.05) is 0 Å². The molecule has 2 N–H and O–H groups in total. The Bertz CT molecular complexity index is 800. The second-order valence-corrected chi connectivity index (χ2v) is 5.92. The number of hydrogen-bond acceptors (Lipinski definition) is 4. The van der Waals surface area contributed by atoms with Gasteiger partial charge in [-0.1, -0.05) is 0 Å². The van der Waals surface area contributed by atoms with E-state index in [1.54, 1.807) is 12.4 Å². The van der Waals surface area contributed by atoms with E-state index in [-0.39, 0.29) is 6.04 Å². The molecule has 0 fully saturated rings. The molecule has 1 atom stereocenters. The molecule has 0 aliphatic rings.